The van der Waals surface area contributed by atoms with Gasteiger partial charge in [-0.05, 0) is 83.1 Å². The van der Waals surface area contributed by atoms with E-state index in [4.69, 9.17) is 10.4 Å². The molecule has 4 rings (SSSR count). The number of nitrogens with zero attached hydrogens (tertiary/aromatic N) is 1. The zero-order valence-corrected chi connectivity index (χ0v) is 27.9. The standard InChI is InChI=1S/C40H44N2O5/c1-22(2)15-33(37(41)40(47)31-10-8-9-26(6)38(31)45)39(46)27(7)18-30(20-35(43)44)29-16-23(3)11-13-28(19-29)36-25(5)12-14-34-32(36)17-24(4)21-42-34/h8-14,16-17,19,22,24,26,30,33,41H,3,7,15,18,20-21H2,1-2,4-6H3,(H,43,44)/t24?,26?,30-,33+/m0/s1. The monoisotopic (exact) mass is 632 g/mol. The van der Waals surface area contributed by atoms with E-state index in [1.807, 2.05) is 57.2 Å². The Morgan fingerprint density at radius 1 is 1.11 bits per heavy atom. The van der Waals surface area contributed by atoms with E-state index in [-0.39, 0.29) is 48.0 Å². The van der Waals surface area contributed by atoms with Gasteiger partial charge in [-0.3, -0.25) is 24.2 Å². The van der Waals surface area contributed by atoms with Crippen LogP contribution in [-0.4, -0.2) is 40.7 Å². The molecule has 1 aromatic rings. The molecule has 3 aliphatic rings. The zero-order chi connectivity index (χ0) is 34.6. The van der Waals surface area contributed by atoms with Crippen LogP contribution in [0.4, 0.5) is 0 Å². The second-order valence-corrected chi connectivity index (χ2v) is 13.3. The van der Waals surface area contributed by atoms with Gasteiger partial charge in [0.25, 0.3) is 0 Å². The Morgan fingerprint density at radius 3 is 2.51 bits per heavy atom. The Labute approximate surface area is 276 Å². The van der Waals surface area contributed by atoms with Gasteiger partial charge < -0.3 is 10.5 Å². The summed E-state index contributed by atoms with van der Waals surface area (Å²) in [6, 6.07) is 4.05. The van der Waals surface area contributed by atoms with Gasteiger partial charge in [0, 0.05) is 17.7 Å². The Morgan fingerprint density at radius 2 is 1.83 bits per heavy atom. The molecule has 1 heterocycles. The normalized spacial score (nSPS) is 20.1. The van der Waals surface area contributed by atoms with E-state index in [1.165, 1.54) is 6.08 Å². The van der Waals surface area contributed by atoms with Crippen molar-refractivity contribution in [1.29, 1.82) is 5.41 Å². The number of fused-ring (bicyclic) bond motifs is 1. The van der Waals surface area contributed by atoms with Crippen LogP contribution >= 0.6 is 0 Å². The van der Waals surface area contributed by atoms with Gasteiger partial charge in [-0.2, -0.15) is 0 Å². The van der Waals surface area contributed by atoms with Crippen molar-refractivity contribution in [2.24, 2.45) is 34.6 Å². The lowest BCUT2D eigenvalue weighted by Gasteiger charge is -2.23. The molecule has 0 saturated carbocycles. The van der Waals surface area contributed by atoms with Crippen molar-refractivity contribution in [2.75, 3.05) is 6.54 Å². The van der Waals surface area contributed by atoms with Crippen LogP contribution < -0.4 is 10.6 Å². The predicted molar refractivity (Wildman–Crippen MR) is 186 cm³/mol. The minimum atomic E-state index is -1.11. The van der Waals surface area contributed by atoms with Gasteiger partial charge >= 0.3 is 5.97 Å². The fourth-order valence-corrected chi connectivity index (χ4v) is 6.32. The highest BCUT2D eigenvalue weighted by atomic mass is 16.4. The number of carbonyl (C=O) groups is 4. The molecule has 0 spiro atoms. The van der Waals surface area contributed by atoms with Gasteiger partial charge in [0.15, 0.2) is 11.6 Å². The molecule has 47 heavy (non-hydrogen) atoms. The van der Waals surface area contributed by atoms with E-state index in [1.54, 1.807) is 19.1 Å². The molecule has 244 valence electrons. The number of benzene rings is 1. The Kier molecular flexibility index (Phi) is 11.0. The maximum atomic E-state index is 14.0. The minimum Gasteiger partial charge on any atom is -0.481 e. The molecule has 0 fully saturated rings. The van der Waals surface area contributed by atoms with Gasteiger partial charge in [-0.25, -0.2) is 0 Å². The summed E-state index contributed by atoms with van der Waals surface area (Å²) in [5.41, 5.74) is 3.90. The number of Topliss-reactive ketones (excluding diaryl/α,β-unsaturated/α-hetero) is 3. The summed E-state index contributed by atoms with van der Waals surface area (Å²) >= 11 is 0. The molecule has 2 aliphatic carbocycles. The van der Waals surface area contributed by atoms with Crippen LogP contribution in [0, 0.1) is 41.9 Å². The van der Waals surface area contributed by atoms with Gasteiger partial charge in [0.1, 0.15) is 0 Å². The molecule has 0 saturated heterocycles. The third-order valence-electron chi connectivity index (χ3n) is 8.81. The molecule has 1 aromatic carbocycles. The third-order valence-corrected chi connectivity index (χ3v) is 8.81. The van der Waals surface area contributed by atoms with Crippen LogP contribution in [0.15, 0.2) is 95.1 Å². The number of carboxylic acid groups (broad SMARTS) is 1. The van der Waals surface area contributed by atoms with Crippen molar-refractivity contribution in [3.8, 4) is 0 Å². The highest BCUT2D eigenvalue weighted by molar-refractivity contribution is 6.53. The minimum absolute atomic E-state index is 0.00978. The van der Waals surface area contributed by atoms with Crippen LogP contribution in [0.5, 0.6) is 0 Å². The summed E-state index contributed by atoms with van der Waals surface area (Å²) in [5, 5.41) is 20.7. The first-order valence-corrected chi connectivity index (χ1v) is 16.1. The number of hydrogen-bond acceptors (Lipinski definition) is 6. The lowest BCUT2D eigenvalue weighted by atomic mass is 9.78. The van der Waals surface area contributed by atoms with E-state index < -0.39 is 41.0 Å². The number of carboxylic acids is 1. The average molecular weight is 633 g/mol. The molecule has 1 aliphatic heterocycles. The average Bonchev–Trinajstić information content (AvgIpc) is 3.20. The van der Waals surface area contributed by atoms with Crippen molar-refractivity contribution in [3.63, 3.8) is 0 Å². The van der Waals surface area contributed by atoms with Gasteiger partial charge in [-0.15, -0.1) is 0 Å². The maximum Gasteiger partial charge on any atom is 0.303 e. The second-order valence-electron chi connectivity index (χ2n) is 13.3. The number of carbonyl (C=O) groups excluding carboxylic acids is 3. The SMILES string of the molecule is C=C1C=CC(c2c(C)ccc3c2=CC(C)CN=3)=CC([C@@H](CC(=C)C(=O)[C@H](CC(C)C)C(=N)C(=O)C2=CC=CC(C)C2=O)CC(=O)O)=C1. The number of aliphatic carboxylic acids is 1. The summed E-state index contributed by atoms with van der Waals surface area (Å²) in [7, 11) is 0. The number of hydrogen-bond donors (Lipinski definition) is 2. The van der Waals surface area contributed by atoms with Crippen LogP contribution in [-0.2, 0) is 19.2 Å². The Bertz CT molecular complexity index is 1850. The van der Waals surface area contributed by atoms with Crippen LogP contribution in [0.3, 0.4) is 0 Å². The summed E-state index contributed by atoms with van der Waals surface area (Å²) < 4.78 is 0. The molecular formula is C40H44N2O5. The van der Waals surface area contributed by atoms with Gasteiger partial charge in [0.05, 0.1) is 29.0 Å². The van der Waals surface area contributed by atoms with Crippen molar-refractivity contribution in [1.82, 2.24) is 0 Å². The van der Waals surface area contributed by atoms with Gasteiger partial charge in [0.2, 0.25) is 5.78 Å². The Hall–Kier alpha value is -4.78. The van der Waals surface area contributed by atoms with Crippen molar-refractivity contribution < 1.29 is 24.3 Å². The number of allylic oxidation sites excluding steroid dienone is 12. The first kappa shape index (κ1) is 35.1. The van der Waals surface area contributed by atoms with Gasteiger partial charge in [-0.1, -0.05) is 89.5 Å². The number of rotatable bonds is 13. The van der Waals surface area contributed by atoms with E-state index in [2.05, 4.69) is 26.2 Å². The van der Waals surface area contributed by atoms with Crippen LogP contribution in [0.25, 0.3) is 11.6 Å². The van der Waals surface area contributed by atoms with Crippen molar-refractivity contribution in [3.05, 3.63) is 112 Å². The second kappa shape index (κ2) is 14.8. The Balaban J connectivity index is 1.69. The first-order valence-electron chi connectivity index (χ1n) is 16.1. The molecule has 7 heteroatoms. The lowest BCUT2D eigenvalue weighted by Crippen LogP contribution is -2.35. The first-order chi connectivity index (χ1) is 22.2. The lowest BCUT2D eigenvalue weighted by molar-refractivity contribution is -0.138. The number of ketones is 3. The van der Waals surface area contributed by atoms with Crippen LogP contribution in [0.1, 0.15) is 58.1 Å². The summed E-state index contributed by atoms with van der Waals surface area (Å²) in [6.07, 6.45) is 14.5. The number of aryl methyl sites for hydroxylation is 1. The van der Waals surface area contributed by atoms with E-state index in [9.17, 15) is 24.3 Å². The van der Waals surface area contributed by atoms with Crippen LogP contribution in [0.2, 0.25) is 0 Å². The predicted octanol–water partition coefficient (Wildman–Crippen LogP) is 6.04. The van der Waals surface area contributed by atoms with E-state index in [0.29, 0.717) is 17.7 Å². The third kappa shape index (κ3) is 8.15. The smallest absolute Gasteiger partial charge is 0.303 e. The van der Waals surface area contributed by atoms with Crippen molar-refractivity contribution >= 4 is 40.7 Å². The molecule has 0 amide bonds. The fraction of sp³-hybridized carbons (Fsp3) is 0.350. The highest BCUT2D eigenvalue weighted by Gasteiger charge is 2.35. The molecule has 7 nitrogen and oxygen atoms in total. The molecule has 0 radical (unpaired) electrons. The fourth-order valence-electron chi connectivity index (χ4n) is 6.32. The summed E-state index contributed by atoms with van der Waals surface area (Å²) in [5.74, 6) is -4.68. The molecule has 0 aromatic heterocycles. The molecule has 0 bridgehead atoms. The highest BCUT2D eigenvalue weighted by Crippen LogP contribution is 2.33. The number of nitrogens with one attached hydrogen (secondary N) is 1. The zero-order valence-electron chi connectivity index (χ0n) is 27.9. The molecule has 4 atom stereocenters. The van der Waals surface area contributed by atoms with Crippen molar-refractivity contribution in [2.45, 2.75) is 53.9 Å². The topological polar surface area (TPSA) is 125 Å². The van der Waals surface area contributed by atoms with E-state index >= 15 is 0 Å². The summed E-state index contributed by atoms with van der Waals surface area (Å²) in [4.78, 5) is 57.0. The maximum absolute atomic E-state index is 14.0. The molecule has 2 unspecified atom stereocenters. The summed E-state index contributed by atoms with van der Waals surface area (Å²) in [6.45, 7) is 18.5. The van der Waals surface area contributed by atoms with E-state index in [0.717, 1.165) is 27.3 Å². The molecule has 2 N–H and O–H groups in total. The quantitative estimate of drug-likeness (QED) is 0.156. The largest absolute Gasteiger partial charge is 0.481 e. The molecular weight excluding hydrogens is 588 g/mol.